The summed E-state index contributed by atoms with van der Waals surface area (Å²) in [5, 5.41) is 2.62. The summed E-state index contributed by atoms with van der Waals surface area (Å²) >= 11 is 4.23. The van der Waals surface area contributed by atoms with Gasteiger partial charge in [-0.1, -0.05) is 0 Å². The lowest BCUT2D eigenvalue weighted by molar-refractivity contribution is 0.0522. The number of rotatable bonds is 2. The Balaban J connectivity index is 2.47. The Bertz CT molecular complexity index is 374. The number of nitrogens with zero attached hydrogens (tertiary/aromatic N) is 1. The van der Waals surface area contributed by atoms with Gasteiger partial charge in [-0.3, -0.25) is 4.98 Å². The second-order valence-electron chi connectivity index (χ2n) is 4.32. The molecule has 0 fully saturated rings. The first-order valence-electron chi connectivity index (χ1n) is 4.98. The molecule has 0 bridgehead atoms. The first-order valence-corrected chi connectivity index (χ1v) is 5.43. The van der Waals surface area contributed by atoms with Gasteiger partial charge < -0.3 is 10.1 Å². The normalized spacial score (nSPS) is 11.0. The standard InChI is InChI=1S/C11H16N2O2S/c1-11(2,3)15-10(14)13-7-8-9(16)5-4-6-12-8/h4-6,16H,7H2,1-3H3,(H,13,14). The maximum atomic E-state index is 11.4. The van der Waals surface area contributed by atoms with E-state index in [2.05, 4.69) is 22.9 Å². The lowest BCUT2D eigenvalue weighted by atomic mass is 10.2. The van der Waals surface area contributed by atoms with Gasteiger partial charge >= 0.3 is 6.09 Å². The number of carbonyl (C=O) groups excluding carboxylic acids is 1. The number of carbonyl (C=O) groups is 1. The molecule has 1 heterocycles. The van der Waals surface area contributed by atoms with Crippen LogP contribution in [0.2, 0.25) is 0 Å². The average Bonchev–Trinajstić information content (AvgIpc) is 2.14. The zero-order valence-electron chi connectivity index (χ0n) is 9.65. The fourth-order valence-corrected chi connectivity index (χ4v) is 1.26. The highest BCUT2D eigenvalue weighted by atomic mass is 32.1. The van der Waals surface area contributed by atoms with E-state index in [0.717, 1.165) is 10.6 Å². The van der Waals surface area contributed by atoms with Crippen LogP contribution in [0.1, 0.15) is 26.5 Å². The Morgan fingerprint density at radius 2 is 2.25 bits per heavy atom. The fraction of sp³-hybridized carbons (Fsp3) is 0.455. The summed E-state index contributed by atoms with van der Waals surface area (Å²) in [6.45, 7) is 5.76. The molecule has 0 unspecified atom stereocenters. The largest absolute Gasteiger partial charge is 0.444 e. The van der Waals surface area contributed by atoms with Gasteiger partial charge in [-0.05, 0) is 32.9 Å². The maximum Gasteiger partial charge on any atom is 0.407 e. The Labute approximate surface area is 101 Å². The van der Waals surface area contributed by atoms with Gasteiger partial charge in [0, 0.05) is 11.1 Å². The topological polar surface area (TPSA) is 51.2 Å². The van der Waals surface area contributed by atoms with E-state index in [9.17, 15) is 4.79 Å². The third kappa shape index (κ3) is 4.53. The molecule has 0 atom stereocenters. The number of hydrogen-bond donors (Lipinski definition) is 2. The minimum absolute atomic E-state index is 0.314. The molecule has 1 aromatic rings. The van der Waals surface area contributed by atoms with E-state index in [0.29, 0.717) is 6.54 Å². The number of nitrogens with one attached hydrogen (secondary N) is 1. The molecular formula is C11H16N2O2S. The summed E-state index contributed by atoms with van der Waals surface area (Å²) in [6, 6.07) is 3.61. The van der Waals surface area contributed by atoms with Gasteiger partial charge in [0.15, 0.2) is 0 Å². The third-order valence-electron chi connectivity index (χ3n) is 1.67. The molecule has 0 aliphatic carbocycles. The second kappa shape index (κ2) is 5.21. The van der Waals surface area contributed by atoms with Crippen molar-refractivity contribution in [3.05, 3.63) is 24.0 Å². The number of ether oxygens (including phenoxy) is 1. The van der Waals surface area contributed by atoms with Crippen molar-refractivity contribution >= 4 is 18.7 Å². The number of alkyl carbamates (subject to hydrolysis) is 1. The number of hydrogen-bond acceptors (Lipinski definition) is 4. The smallest absolute Gasteiger partial charge is 0.407 e. The van der Waals surface area contributed by atoms with E-state index >= 15 is 0 Å². The molecule has 0 saturated carbocycles. The van der Waals surface area contributed by atoms with Crippen molar-refractivity contribution in [1.82, 2.24) is 10.3 Å². The molecular weight excluding hydrogens is 224 g/mol. The molecule has 0 aromatic carbocycles. The Morgan fingerprint density at radius 1 is 1.56 bits per heavy atom. The van der Waals surface area contributed by atoms with E-state index < -0.39 is 11.7 Å². The first-order chi connectivity index (χ1) is 7.38. The Kier molecular flexibility index (Phi) is 4.18. The van der Waals surface area contributed by atoms with Crippen LogP contribution in [0.5, 0.6) is 0 Å². The van der Waals surface area contributed by atoms with Gasteiger partial charge in [0.05, 0.1) is 12.2 Å². The molecule has 1 rings (SSSR count). The lowest BCUT2D eigenvalue weighted by Crippen LogP contribution is -2.32. The molecule has 0 saturated heterocycles. The molecule has 4 nitrogen and oxygen atoms in total. The number of amides is 1. The quantitative estimate of drug-likeness (QED) is 0.780. The summed E-state index contributed by atoms with van der Waals surface area (Å²) in [7, 11) is 0. The fourth-order valence-electron chi connectivity index (χ4n) is 1.04. The molecule has 88 valence electrons. The van der Waals surface area contributed by atoms with Crippen LogP contribution in [-0.4, -0.2) is 16.7 Å². The summed E-state index contributed by atoms with van der Waals surface area (Å²) < 4.78 is 5.10. The van der Waals surface area contributed by atoms with Crippen molar-refractivity contribution in [2.75, 3.05) is 0 Å². The van der Waals surface area contributed by atoms with Gasteiger partial charge in [0.2, 0.25) is 0 Å². The van der Waals surface area contributed by atoms with Crippen LogP contribution in [0, 0.1) is 0 Å². The number of thiol groups is 1. The van der Waals surface area contributed by atoms with E-state index in [1.165, 1.54) is 0 Å². The van der Waals surface area contributed by atoms with E-state index in [-0.39, 0.29) is 0 Å². The highest BCUT2D eigenvalue weighted by Crippen LogP contribution is 2.10. The van der Waals surface area contributed by atoms with Crippen molar-refractivity contribution in [2.24, 2.45) is 0 Å². The molecule has 5 heteroatoms. The first kappa shape index (κ1) is 12.8. The van der Waals surface area contributed by atoms with Crippen LogP contribution in [-0.2, 0) is 11.3 Å². The molecule has 0 aliphatic heterocycles. The number of aromatic nitrogens is 1. The predicted octanol–water partition coefficient (Wildman–Crippen LogP) is 2.40. The van der Waals surface area contributed by atoms with Gasteiger partial charge in [-0.25, -0.2) is 4.79 Å². The monoisotopic (exact) mass is 240 g/mol. The summed E-state index contributed by atoms with van der Waals surface area (Å²) in [5.41, 5.74) is 0.231. The molecule has 1 N–H and O–H groups in total. The van der Waals surface area contributed by atoms with E-state index in [1.54, 1.807) is 12.3 Å². The lowest BCUT2D eigenvalue weighted by Gasteiger charge is -2.19. The van der Waals surface area contributed by atoms with E-state index in [1.807, 2.05) is 26.8 Å². The van der Waals surface area contributed by atoms with Crippen LogP contribution < -0.4 is 5.32 Å². The summed E-state index contributed by atoms with van der Waals surface area (Å²) in [4.78, 5) is 16.2. The predicted molar refractivity (Wildman–Crippen MR) is 64.6 cm³/mol. The molecule has 1 amide bonds. The minimum atomic E-state index is -0.488. The van der Waals surface area contributed by atoms with Crippen molar-refractivity contribution in [3.8, 4) is 0 Å². The highest BCUT2D eigenvalue weighted by molar-refractivity contribution is 7.80. The summed E-state index contributed by atoms with van der Waals surface area (Å²) in [6.07, 6.45) is 1.21. The third-order valence-corrected chi connectivity index (χ3v) is 2.07. The minimum Gasteiger partial charge on any atom is -0.444 e. The number of pyridine rings is 1. The molecule has 16 heavy (non-hydrogen) atoms. The molecule has 0 aliphatic rings. The Morgan fingerprint density at radius 3 is 2.81 bits per heavy atom. The van der Waals surface area contributed by atoms with Crippen molar-refractivity contribution in [1.29, 1.82) is 0 Å². The van der Waals surface area contributed by atoms with Crippen molar-refractivity contribution < 1.29 is 9.53 Å². The van der Waals surface area contributed by atoms with Crippen LogP contribution >= 0.6 is 12.6 Å². The molecule has 0 spiro atoms. The maximum absolute atomic E-state index is 11.4. The van der Waals surface area contributed by atoms with E-state index in [4.69, 9.17) is 4.74 Å². The van der Waals surface area contributed by atoms with Gasteiger partial charge in [-0.15, -0.1) is 12.6 Å². The van der Waals surface area contributed by atoms with Gasteiger partial charge in [0.25, 0.3) is 0 Å². The van der Waals surface area contributed by atoms with Crippen molar-refractivity contribution in [3.63, 3.8) is 0 Å². The van der Waals surface area contributed by atoms with Crippen LogP contribution in [0.4, 0.5) is 4.79 Å². The van der Waals surface area contributed by atoms with Crippen LogP contribution in [0.15, 0.2) is 23.2 Å². The SMILES string of the molecule is CC(C)(C)OC(=O)NCc1ncccc1S. The average molecular weight is 240 g/mol. The molecule has 1 aromatic heterocycles. The summed E-state index contributed by atoms with van der Waals surface area (Å²) in [5.74, 6) is 0. The molecule has 0 radical (unpaired) electrons. The zero-order valence-corrected chi connectivity index (χ0v) is 10.5. The van der Waals surface area contributed by atoms with Gasteiger partial charge in [-0.2, -0.15) is 0 Å². The highest BCUT2D eigenvalue weighted by Gasteiger charge is 2.15. The van der Waals surface area contributed by atoms with Crippen LogP contribution in [0.3, 0.4) is 0 Å². The Hall–Kier alpha value is -1.23. The van der Waals surface area contributed by atoms with Gasteiger partial charge in [0.1, 0.15) is 5.60 Å². The van der Waals surface area contributed by atoms with Crippen LogP contribution in [0.25, 0.3) is 0 Å². The second-order valence-corrected chi connectivity index (χ2v) is 4.81. The van der Waals surface area contributed by atoms with Crippen molar-refractivity contribution in [2.45, 2.75) is 37.8 Å². The zero-order chi connectivity index (χ0) is 12.2.